The van der Waals surface area contributed by atoms with Crippen molar-refractivity contribution in [1.29, 1.82) is 5.26 Å². The Bertz CT molecular complexity index is 701. The molecular formula is C28H39ClFN. The third-order valence-electron chi connectivity index (χ3n) is 3.20. The zero-order valence-corrected chi connectivity index (χ0v) is 21.4. The van der Waals surface area contributed by atoms with Crippen LogP contribution < -0.4 is 0 Å². The quantitative estimate of drug-likeness (QED) is 0.339. The van der Waals surface area contributed by atoms with Gasteiger partial charge in [-0.2, -0.15) is 5.26 Å². The Kier molecular flexibility index (Phi) is 25.2. The van der Waals surface area contributed by atoms with Crippen LogP contribution in [-0.4, -0.2) is 0 Å². The van der Waals surface area contributed by atoms with E-state index in [2.05, 4.69) is 6.07 Å². The highest BCUT2D eigenvalue weighted by Crippen LogP contribution is 2.07. The summed E-state index contributed by atoms with van der Waals surface area (Å²) in [6.07, 6.45) is 0. The average molecular weight is 444 g/mol. The van der Waals surface area contributed by atoms with Crippen LogP contribution in [0, 0.1) is 37.9 Å². The third kappa shape index (κ3) is 20.4. The molecule has 0 unspecified atom stereocenters. The zero-order valence-electron chi connectivity index (χ0n) is 20.6. The molecule has 0 fully saturated rings. The highest BCUT2D eigenvalue weighted by Gasteiger charge is 1.85. The first-order valence-electron chi connectivity index (χ1n) is 10.8. The van der Waals surface area contributed by atoms with Gasteiger partial charge >= 0.3 is 0 Å². The molecule has 0 saturated heterocycles. The second-order valence-corrected chi connectivity index (χ2v) is 6.01. The van der Waals surface area contributed by atoms with Crippen LogP contribution in [0.3, 0.4) is 0 Å². The molecule has 0 amide bonds. The Morgan fingerprint density at radius 3 is 1.13 bits per heavy atom. The van der Waals surface area contributed by atoms with E-state index < -0.39 is 0 Å². The predicted molar refractivity (Wildman–Crippen MR) is 137 cm³/mol. The van der Waals surface area contributed by atoms with Crippen LogP contribution in [0.1, 0.15) is 63.8 Å². The summed E-state index contributed by atoms with van der Waals surface area (Å²) in [5, 5.41) is 9.18. The van der Waals surface area contributed by atoms with Crippen LogP contribution in [0.15, 0.2) is 72.8 Å². The molecule has 0 N–H and O–H groups in total. The van der Waals surface area contributed by atoms with Gasteiger partial charge in [0.15, 0.2) is 0 Å². The first kappa shape index (κ1) is 33.0. The third-order valence-corrected chi connectivity index (χ3v) is 3.45. The van der Waals surface area contributed by atoms with Crippen LogP contribution in [-0.2, 0) is 0 Å². The number of nitriles is 1. The van der Waals surface area contributed by atoms with E-state index in [1.54, 1.807) is 12.1 Å². The normalized spacial score (nSPS) is 7.81. The first-order chi connectivity index (χ1) is 14.9. The summed E-state index contributed by atoms with van der Waals surface area (Å²) in [6, 6.07) is 23.7. The predicted octanol–water partition coefficient (Wildman–Crippen LogP) is 9.73. The van der Waals surface area contributed by atoms with Gasteiger partial charge in [0.2, 0.25) is 0 Å². The van der Waals surface area contributed by atoms with Gasteiger partial charge in [0, 0.05) is 5.02 Å². The molecule has 0 spiro atoms. The fourth-order valence-electron chi connectivity index (χ4n) is 1.69. The van der Waals surface area contributed by atoms with Crippen LogP contribution in [0.4, 0.5) is 4.39 Å². The summed E-state index contributed by atoms with van der Waals surface area (Å²) in [7, 11) is 0. The lowest BCUT2D eigenvalue weighted by molar-refractivity contribution is 0.627. The smallest absolute Gasteiger partial charge is 0.123 e. The molecule has 0 bridgehead atoms. The lowest BCUT2D eigenvalue weighted by Crippen LogP contribution is -1.72. The molecule has 3 aromatic carbocycles. The Balaban J connectivity index is -0.000000338. The summed E-state index contributed by atoms with van der Waals surface area (Å²) in [5.74, 6) is -0.171. The summed E-state index contributed by atoms with van der Waals surface area (Å²) in [5.41, 5.74) is 4.25. The maximum Gasteiger partial charge on any atom is 0.123 e. The SMILES string of the molecule is CC.CC.CC.Cc1ccc(C#N)cc1.Cc1ccc(Cl)cc1.Cc1ccc(F)cc1. The number of hydrogen-bond donors (Lipinski definition) is 0. The molecule has 1 nitrogen and oxygen atoms in total. The second kappa shape index (κ2) is 23.6. The summed E-state index contributed by atoms with van der Waals surface area (Å²) < 4.78 is 12.1. The highest BCUT2D eigenvalue weighted by atomic mass is 35.5. The van der Waals surface area contributed by atoms with Crippen LogP contribution in [0.5, 0.6) is 0 Å². The van der Waals surface area contributed by atoms with Gasteiger partial charge in [0.05, 0.1) is 11.6 Å². The molecular weight excluding hydrogens is 405 g/mol. The lowest BCUT2D eigenvalue weighted by atomic mass is 10.2. The average Bonchev–Trinajstić information content (AvgIpc) is 2.83. The van der Waals surface area contributed by atoms with E-state index in [9.17, 15) is 4.39 Å². The van der Waals surface area contributed by atoms with E-state index in [1.807, 2.05) is 111 Å². The number of hydrogen-bond acceptors (Lipinski definition) is 1. The summed E-state index contributed by atoms with van der Waals surface area (Å²) in [6.45, 7) is 18.0. The second-order valence-electron chi connectivity index (χ2n) is 5.57. The van der Waals surface area contributed by atoms with Gasteiger partial charge in [-0.25, -0.2) is 4.39 Å². The molecule has 0 aliphatic heterocycles. The number of halogens is 2. The van der Waals surface area contributed by atoms with Gasteiger partial charge in [-0.15, -0.1) is 0 Å². The van der Waals surface area contributed by atoms with Crippen molar-refractivity contribution in [2.75, 3.05) is 0 Å². The van der Waals surface area contributed by atoms with Crippen molar-refractivity contribution in [3.8, 4) is 6.07 Å². The number of benzene rings is 3. The van der Waals surface area contributed by atoms with Gasteiger partial charge in [-0.3, -0.25) is 0 Å². The van der Waals surface area contributed by atoms with E-state index in [0.29, 0.717) is 0 Å². The number of nitrogens with zero attached hydrogens (tertiary/aromatic N) is 1. The van der Waals surface area contributed by atoms with Crippen molar-refractivity contribution in [2.45, 2.75) is 62.3 Å². The van der Waals surface area contributed by atoms with E-state index >= 15 is 0 Å². The standard InChI is InChI=1S/C8H7N.C7H7Cl.C7H7F.3C2H6/c1-7-2-4-8(6-9)5-3-7;2*1-6-2-4-7(8)5-3-6;3*1-2/h2-5H,1H3;2*2-5H,1H3;3*1-2H3. The Hall–Kier alpha value is -2.63. The molecule has 0 aliphatic carbocycles. The minimum Gasteiger partial charge on any atom is -0.207 e. The van der Waals surface area contributed by atoms with Crippen molar-refractivity contribution in [3.63, 3.8) is 0 Å². The van der Waals surface area contributed by atoms with Crippen LogP contribution in [0.2, 0.25) is 5.02 Å². The van der Waals surface area contributed by atoms with Gasteiger partial charge in [0.25, 0.3) is 0 Å². The van der Waals surface area contributed by atoms with Crippen LogP contribution >= 0.6 is 11.6 Å². The monoisotopic (exact) mass is 443 g/mol. The molecule has 0 atom stereocenters. The van der Waals surface area contributed by atoms with E-state index in [4.69, 9.17) is 16.9 Å². The van der Waals surface area contributed by atoms with Crippen molar-refractivity contribution in [2.24, 2.45) is 0 Å². The molecule has 0 radical (unpaired) electrons. The van der Waals surface area contributed by atoms with Gasteiger partial charge in [-0.1, -0.05) is 106 Å². The zero-order chi connectivity index (χ0) is 24.7. The Morgan fingerprint density at radius 1 is 0.581 bits per heavy atom. The lowest BCUT2D eigenvalue weighted by Gasteiger charge is -1.88. The molecule has 170 valence electrons. The maximum atomic E-state index is 12.1. The first-order valence-corrected chi connectivity index (χ1v) is 11.2. The van der Waals surface area contributed by atoms with Gasteiger partial charge in [-0.05, 0) is 57.2 Å². The fourth-order valence-corrected chi connectivity index (χ4v) is 1.82. The molecule has 31 heavy (non-hydrogen) atoms. The Morgan fingerprint density at radius 2 is 0.871 bits per heavy atom. The number of aryl methyl sites for hydroxylation is 3. The van der Waals surface area contributed by atoms with Crippen molar-refractivity contribution in [1.82, 2.24) is 0 Å². The van der Waals surface area contributed by atoms with E-state index in [1.165, 1.54) is 23.3 Å². The van der Waals surface area contributed by atoms with Crippen molar-refractivity contribution < 1.29 is 4.39 Å². The molecule has 0 heterocycles. The van der Waals surface area contributed by atoms with Crippen molar-refractivity contribution >= 4 is 11.6 Å². The molecule has 0 aliphatic rings. The summed E-state index contributed by atoms with van der Waals surface area (Å²) >= 11 is 5.61. The molecule has 3 aromatic rings. The van der Waals surface area contributed by atoms with Gasteiger partial charge < -0.3 is 0 Å². The van der Waals surface area contributed by atoms with Gasteiger partial charge in [0.1, 0.15) is 5.82 Å². The Labute approximate surface area is 195 Å². The maximum absolute atomic E-state index is 12.1. The van der Waals surface area contributed by atoms with Crippen molar-refractivity contribution in [3.05, 3.63) is 106 Å². The van der Waals surface area contributed by atoms with E-state index in [0.717, 1.165) is 16.1 Å². The number of rotatable bonds is 0. The minimum atomic E-state index is -0.171. The molecule has 0 saturated carbocycles. The van der Waals surface area contributed by atoms with Crippen LogP contribution in [0.25, 0.3) is 0 Å². The molecule has 3 rings (SSSR count). The molecule has 0 aromatic heterocycles. The highest BCUT2D eigenvalue weighted by molar-refractivity contribution is 6.30. The minimum absolute atomic E-state index is 0.171. The topological polar surface area (TPSA) is 23.8 Å². The van der Waals surface area contributed by atoms with E-state index in [-0.39, 0.29) is 5.82 Å². The molecule has 3 heteroatoms. The largest absolute Gasteiger partial charge is 0.207 e. The fraction of sp³-hybridized carbons (Fsp3) is 0.321. The summed E-state index contributed by atoms with van der Waals surface area (Å²) in [4.78, 5) is 0.